The number of nitrogens with zero attached hydrogens (tertiary/aromatic N) is 3. The molecule has 2 N–H and O–H groups in total. The number of imidazole rings is 1. The molecule has 4 aromatic rings. The van der Waals surface area contributed by atoms with Gasteiger partial charge in [0.25, 0.3) is 5.91 Å². The number of aromatic nitrogens is 3. The molecule has 0 fully saturated rings. The summed E-state index contributed by atoms with van der Waals surface area (Å²) in [5.74, 6) is 0.589. The minimum atomic E-state index is -0.322. The fourth-order valence-electron chi connectivity index (χ4n) is 4.26. The van der Waals surface area contributed by atoms with E-state index in [1.54, 1.807) is 12.4 Å². The first-order valence-electron chi connectivity index (χ1n) is 10.3. The highest BCUT2D eigenvalue weighted by Gasteiger charge is 2.34. The fourth-order valence-corrected chi connectivity index (χ4v) is 4.26. The van der Waals surface area contributed by atoms with Crippen molar-refractivity contribution in [1.82, 2.24) is 14.5 Å². The van der Waals surface area contributed by atoms with Crippen LogP contribution in [0, 0.1) is 13.8 Å². The number of anilines is 2. The van der Waals surface area contributed by atoms with Crippen molar-refractivity contribution >= 4 is 28.6 Å². The summed E-state index contributed by atoms with van der Waals surface area (Å²) in [5.41, 5.74) is 7.27. The van der Waals surface area contributed by atoms with E-state index in [1.807, 2.05) is 69.3 Å². The number of para-hydroxylation sites is 2. The van der Waals surface area contributed by atoms with Gasteiger partial charge in [-0.15, -0.1) is 0 Å². The van der Waals surface area contributed by atoms with Crippen molar-refractivity contribution in [2.75, 3.05) is 10.6 Å². The Morgan fingerprint density at radius 3 is 2.58 bits per heavy atom. The van der Waals surface area contributed by atoms with Gasteiger partial charge in [-0.2, -0.15) is 0 Å². The lowest BCUT2D eigenvalue weighted by Gasteiger charge is -2.30. The Bertz CT molecular complexity index is 1340. The highest BCUT2D eigenvalue weighted by atomic mass is 16.1. The van der Waals surface area contributed by atoms with Crippen LogP contribution in [0.4, 0.5) is 11.6 Å². The van der Waals surface area contributed by atoms with Crippen molar-refractivity contribution in [3.8, 4) is 0 Å². The normalized spacial score (nSPS) is 15.5. The molecule has 2 aromatic heterocycles. The molecule has 0 bridgehead atoms. The number of hydrogen-bond donors (Lipinski definition) is 2. The first-order valence-corrected chi connectivity index (χ1v) is 10.3. The molecule has 31 heavy (non-hydrogen) atoms. The van der Waals surface area contributed by atoms with E-state index in [2.05, 4.69) is 26.3 Å². The summed E-state index contributed by atoms with van der Waals surface area (Å²) in [7, 11) is 0. The number of rotatable bonds is 3. The van der Waals surface area contributed by atoms with E-state index in [0.29, 0.717) is 5.57 Å². The number of carbonyl (C=O) groups excluding carboxylic acids is 1. The topological polar surface area (TPSA) is 71.8 Å². The van der Waals surface area contributed by atoms with E-state index in [4.69, 9.17) is 4.98 Å². The minimum Gasteiger partial charge on any atom is -0.329 e. The third-order valence-electron chi connectivity index (χ3n) is 5.73. The molecular weight excluding hydrogens is 386 g/mol. The molecule has 3 heterocycles. The molecule has 2 aromatic carbocycles. The molecular formula is C25H23N5O. The average Bonchev–Trinajstić information content (AvgIpc) is 3.13. The van der Waals surface area contributed by atoms with Crippen LogP contribution in [0.3, 0.4) is 0 Å². The van der Waals surface area contributed by atoms with E-state index in [0.717, 1.165) is 45.1 Å². The second kappa shape index (κ2) is 7.40. The Hall–Kier alpha value is -3.93. The lowest BCUT2D eigenvalue weighted by molar-refractivity contribution is -0.113. The van der Waals surface area contributed by atoms with Crippen LogP contribution in [0.15, 0.2) is 78.3 Å². The SMILES string of the molecule is CC1=C(C(=O)Nc2ccc(C)cc2C)[C@@H](c2ccncc2)n2c(nc3ccccc32)N1. The highest BCUT2D eigenvalue weighted by molar-refractivity contribution is 6.06. The zero-order valence-electron chi connectivity index (χ0n) is 17.7. The van der Waals surface area contributed by atoms with Crippen molar-refractivity contribution in [2.45, 2.75) is 26.8 Å². The standard InChI is InChI=1S/C25H23N5O/c1-15-8-9-19(16(2)14-15)28-24(31)22-17(3)27-25-29-20-6-4-5-7-21(20)30(25)23(22)18-10-12-26-13-11-18/h4-14,23H,1-3H3,(H,27,29)(H,28,31)/t23-/m1/s1. The van der Waals surface area contributed by atoms with Crippen LogP contribution in [0.5, 0.6) is 0 Å². The van der Waals surface area contributed by atoms with Crippen molar-refractivity contribution in [1.29, 1.82) is 0 Å². The van der Waals surface area contributed by atoms with Gasteiger partial charge in [-0.1, -0.05) is 29.8 Å². The van der Waals surface area contributed by atoms with Crippen LogP contribution in [0.2, 0.25) is 0 Å². The summed E-state index contributed by atoms with van der Waals surface area (Å²) in [4.78, 5) is 22.5. The predicted molar refractivity (Wildman–Crippen MR) is 123 cm³/mol. The summed E-state index contributed by atoms with van der Waals surface area (Å²) >= 11 is 0. The maximum Gasteiger partial charge on any atom is 0.255 e. The lowest BCUT2D eigenvalue weighted by Crippen LogP contribution is -2.31. The molecule has 0 unspecified atom stereocenters. The quantitative estimate of drug-likeness (QED) is 0.501. The molecule has 1 aliphatic rings. The molecule has 0 saturated carbocycles. The summed E-state index contributed by atoms with van der Waals surface area (Å²) in [6.45, 7) is 5.97. The molecule has 6 nitrogen and oxygen atoms in total. The zero-order chi connectivity index (χ0) is 21.5. The van der Waals surface area contributed by atoms with Crippen molar-refractivity contribution in [3.05, 3.63) is 95.0 Å². The van der Waals surface area contributed by atoms with Gasteiger partial charge < -0.3 is 10.6 Å². The number of pyridine rings is 1. The van der Waals surface area contributed by atoms with Crippen LogP contribution in [0.25, 0.3) is 11.0 Å². The van der Waals surface area contributed by atoms with Crippen LogP contribution in [0.1, 0.15) is 29.7 Å². The molecule has 0 aliphatic carbocycles. The molecule has 5 rings (SSSR count). The van der Waals surface area contributed by atoms with Crippen LogP contribution in [-0.2, 0) is 4.79 Å². The summed E-state index contributed by atoms with van der Waals surface area (Å²) in [6.07, 6.45) is 3.51. The monoisotopic (exact) mass is 409 g/mol. The maximum absolute atomic E-state index is 13.6. The van der Waals surface area contributed by atoms with E-state index < -0.39 is 0 Å². The molecule has 1 atom stereocenters. The van der Waals surface area contributed by atoms with E-state index in [9.17, 15) is 4.79 Å². The van der Waals surface area contributed by atoms with Gasteiger partial charge in [-0.25, -0.2) is 4.98 Å². The second-order valence-corrected chi connectivity index (χ2v) is 7.91. The number of hydrogen-bond acceptors (Lipinski definition) is 4. The van der Waals surface area contributed by atoms with Crippen molar-refractivity contribution in [2.24, 2.45) is 0 Å². The van der Waals surface area contributed by atoms with Gasteiger partial charge in [0.05, 0.1) is 22.6 Å². The largest absolute Gasteiger partial charge is 0.329 e. The minimum absolute atomic E-state index is 0.137. The summed E-state index contributed by atoms with van der Waals surface area (Å²) < 4.78 is 2.09. The predicted octanol–water partition coefficient (Wildman–Crippen LogP) is 4.98. The summed E-state index contributed by atoms with van der Waals surface area (Å²) in [6, 6.07) is 17.6. The molecule has 1 aliphatic heterocycles. The zero-order valence-corrected chi connectivity index (χ0v) is 17.7. The van der Waals surface area contributed by atoms with Gasteiger partial charge in [-0.3, -0.25) is 14.3 Å². The molecule has 0 spiro atoms. The number of fused-ring (bicyclic) bond motifs is 3. The highest BCUT2D eigenvalue weighted by Crippen LogP contribution is 2.39. The number of nitrogens with one attached hydrogen (secondary N) is 2. The Morgan fingerprint density at radius 2 is 1.81 bits per heavy atom. The number of amides is 1. The molecule has 154 valence electrons. The number of aryl methyl sites for hydroxylation is 2. The number of benzene rings is 2. The van der Waals surface area contributed by atoms with Crippen LogP contribution in [-0.4, -0.2) is 20.4 Å². The Kier molecular flexibility index (Phi) is 4.55. The van der Waals surface area contributed by atoms with Gasteiger partial charge in [0.1, 0.15) is 0 Å². The molecule has 0 radical (unpaired) electrons. The average molecular weight is 409 g/mol. The van der Waals surface area contributed by atoms with E-state index >= 15 is 0 Å². The fraction of sp³-hybridized carbons (Fsp3) is 0.160. The van der Waals surface area contributed by atoms with Gasteiger partial charge in [-0.05, 0) is 62.2 Å². The molecule has 6 heteroatoms. The lowest BCUT2D eigenvalue weighted by atomic mass is 9.95. The van der Waals surface area contributed by atoms with E-state index in [1.165, 1.54) is 0 Å². The maximum atomic E-state index is 13.6. The van der Waals surface area contributed by atoms with Gasteiger partial charge in [0.2, 0.25) is 5.95 Å². The Labute approximate surface area is 180 Å². The summed E-state index contributed by atoms with van der Waals surface area (Å²) in [5, 5.41) is 6.47. The molecule has 1 amide bonds. The van der Waals surface area contributed by atoms with Crippen molar-refractivity contribution < 1.29 is 4.79 Å². The Morgan fingerprint density at radius 1 is 1.03 bits per heavy atom. The number of carbonyl (C=O) groups is 1. The third-order valence-corrected chi connectivity index (χ3v) is 5.73. The van der Waals surface area contributed by atoms with Crippen LogP contribution < -0.4 is 10.6 Å². The first-order chi connectivity index (χ1) is 15.0. The van der Waals surface area contributed by atoms with Gasteiger partial charge in [0, 0.05) is 23.8 Å². The number of allylic oxidation sites excluding steroid dienone is 1. The molecule has 0 saturated heterocycles. The van der Waals surface area contributed by atoms with Gasteiger partial charge >= 0.3 is 0 Å². The third kappa shape index (κ3) is 3.26. The Balaban J connectivity index is 1.65. The van der Waals surface area contributed by atoms with E-state index in [-0.39, 0.29) is 11.9 Å². The second-order valence-electron chi connectivity index (χ2n) is 7.91. The van der Waals surface area contributed by atoms with Crippen LogP contribution >= 0.6 is 0 Å². The van der Waals surface area contributed by atoms with Crippen molar-refractivity contribution in [3.63, 3.8) is 0 Å². The smallest absolute Gasteiger partial charge is 0.255 e. The van der Waals surface area contributed by atoms with Gasteiger partial charge in [0.15, 0.2) is 0 Å². The first kappa shape index (κ1) is 19.1.